The standard InChI is InChI=1S/C27H23ClN6O4.ClH/c1-14-10-21-20(29-26(35)25-31-30-24(34(21)25)16-7-9-37-13-16)11-18(14)27(36)33-8-6-22-19(12-33)23(32-38-22)15-2-4-17(28)5-3-15;/h2-5,10-11,16H,6-9,12-13H2,1H3,(H,29,35);1H. The first-order valence-corrected chi connectivity index (χ1v) is 12.9. The Morgan fingerprint density at radius 2 is 2.00 bits per heavy atom. The van der Waals surface area contributed by atoms with Crippen molar-refractivity contribution in [1.82, 2.24) is 29.6 Å². The van der Waals surface area contributed by atoms with Gasteiger partial charge in [0.25, 0.3) is 11.5 Å². The van der Waals surface area contributed by atoms with Gasteiger partial charge in [0.2, 0.25) is 5.65 Å². The van der Waals surface area contributed by atoms with Crippen molar-refractivity contribution in [3.8, 4) is 11.3 Å². The van der Waals surface area contributed by atoms with Crippen LogP contribution >= 0.6 is 24.0 Å². The molecule has 39 heavy (non-hydrogen) atoms. The summed E-state index contributed by atoms with van der Waals surface area (Å²) < 4.78 is 12.9. The summed E-state index contributed by atoms with van der Waals surface area (Å²) in [6, 6.07) is 11.1. The van der Waals surface area contributed by atoms with Gasteiger partial charge in [-0.05, 0) is 43.2 Å². The van der Waals surface area contributed by atoms with Gasteiger partial charge in [-0.2, -0.15) is 0 Å². The van der Waals surface area contributed by atoms with E-state index in [1.807, 2.05) is 25.1 Å². The van der Waals surface area contributed by atoms with Crippen LogP contribution in [0.25, 0.3) is 27.9 Å². The third-order valence-electron chi connectivity index (χ3n) is 7.48. The average Bonchev–Trinajstić information content (AvgIpc) is 3.68. The fourth-order valence-electron chi connectivity index (χ4n) is 5.46. The van der Waals surface area contributed by atoms with Crippen molar-refractivity contribution in [3.63, 3.8) is 0 Å². The van der Waals surface area contributed by atoms with Crippen LogP contribution in [0, 0.1) is 6.92 Å². The van der Waals surface area contributed by atoms with Crippen LogP contribution in [0.5, 0.6) is 0 Å². The predicted molar refractivity (Wildman–Crippen MR) is 147 cm³/mol. The van der Waals surface area contributed by atoms with Crippen LogP contribution in [0.3, 0.4) is 0 Å². The Bertz CT molecular complexity index is 1790. The number of carbonyl (C=O) groups is 1. The highest BCUT2D eigenvalue weighted by molar-refractivity contribution is 6.30. The summed E-state index contributed by atoms with van der Waals surface area (Å²) in [5.74, 6) is 1.44. The Kier molecular flexibility index (Phi) is 6.41. The first-order valence-electron chi connectivity index (χ1n) is 12.5. The number of halogens is 2. The van der Waals surface area contributed by atoms with E-state index in [2.05, 4.69) is 20.3 Å². The van der Waals surface area contributed by atoms with Gasteiger partial charge in [0.05, 0.1) is 24.2 Å². The van der Waals surface area contributed by atoms with Crippen LogP contribution < -0.4 is 5.56 Å². The molecule has 1 unspecified atom stereocenters. The summed E-state index contributed by atoms with van der Waals surface area (Å²) >= 11 is 6.05. The van der Waals surface area contributed by atoms with Gasteiger partial charge in [0, 0.05) is 47.2 Å². The van der Waals surface area contributed by atoms with Crippen molar-refractivity contribution in [2.75, 3.05) is 19.8 Å². The van der Waals surface area contributed by atoms with E-state index in [0.717, 1.165) is 34.4 Å². The van der Waals surface area contributed by atoms with Gasteiger partial charge in [0.1, 0.15) is 17.3 Å². The molecule has 2 aromatic carbocycles. The van der Waals surface area contributed by atoms with Crippen molar-refractivity contribution < 1.29 is 14.1 Å². The number of hydrogen-bond donors (Lipinski definition) is 1. The fourth-order valence-corrected chi connectivity index (χ4v) is 5.58. The Morgan fingerprint density at radius 1 is 1.18 bits per heavy atom. The topological polar surface area (TPSA) is 119 Å². The lowest BCUT2D eigenvalue weighted by Gasteiger charge is -2.27. The van der Waals surface area contributed by atoms with E-state index >= 15 is 0 Å². The fraction of sp³-hybridized carbons (Fsp3) is 0.296. The minimum absolute atomic E-state index is 0. The Morgan fingerprint density at radius 3 is 2.77 bits per heavy atom. The number of rotatable bonds is 3. The summed E-state index contributed by atoms with van der Waals surface area (Å²) in [7, 11) is 0. The second kappa shape index (κ2) is 9.78. The Balaban J connectivity index is 0.00000277. The molecule has 2 aliphatic rings. The number of aromatic nitrogens is 5. The molecule has 1 amide bonds. The van der Waals surface area contributed by atoms with E-state index in [9.17, 15) is 9.59 Å². The third-order valence-corrected chi connectivity index (χ3v) is 7.73. The van der Waals surface area contributed by atoms with E-state index in [-0.39, 0.29) is 35.4 Å². The molecule has 0 saturated carbocycles. The minimum Gasteiger partial charge on any atom is -0.381 e. The van der Waals surface area contributed by atoms with Crippen LogP contribution in [0.1, 0.15) is 45.4 Å². The van der Waals surface area contributed by atoms with Gasteiger partial charge < -0.3 is 19.1 Å². The van der Waals surface area contributed by atoms with Crippen LogP contribution in [-0.4, -0.2) is 55.3 Å². The normalized spacial score (nSPS) is 17.0. The molecule has 1 atom stereocenters. The average molecular weight is 567 g/mol. The second-order valence-corrected chi connectivity index (χ2v) is 10.3. The highest BCUT2D eigenvalue weighted by Crippen LogP contribution is 2.32. The molecule has 12 heteroatoms. The summed E-state index contributed by atoms with van der Waals surface area (Å²) in [6.45, 7) is 3.98. The van der Waals surface area contributed by atoms with Gasteiger partial charge in [-0.1, -0.05) is 28.9 Å². The molecule has 7 rings (SSSR count). The maximum atomic E-state index is 13.8. The van der Waals surface area contributed by atoms with E-state index < -0.39 is 0 Å². The van der Waals surface area contributed by atoms with E-state index in [1.165, 1.54) is 0 Å². The van der Waals surface area contributed by atoms with Gasteiger partial charge in [-0.25, -0.2) is 0 Å². The van der Waals surface area contributed by atoms with E-state index in [4.69, 9.17) is 20.9 Å². The number of nitrogens with zero attached hydrogens (tertiary/aromatic N) is 5. The van der Waals surface area contributed by atoms with Crippen molar-refractivity contribution in [3.05, 3.63) is 80.0 Å². The summed E-state index contributed by atoms with van der Waals surface area (Å²) in [5, 5.41) is 13.4. The number of fused-ring (bicyclic) bond motifs is 4. The number of benzene rings is 2. The number of nitrogens with one attached hydrogen (secondary N) is 1. The zero-order valence-corrected chi connectivity index (χ0v) is 22.5. The molecule has 1 fully saturated rings. The molecule has 200 valence electrons. The lowest BCUT2D eigenvalue weighted by atomic mass is 9.99. The van der Waals surface area contributed by atoms with E-state index in [1.54, 1.807) is 27.5 Å². The smallest absolute Gasteiger partial charge is 0.294 e. The molecular formula is C27H24Cl2N6O4. The van der Waals surface area contributed by atoms with E-state index in [0.29, 0.717) is 60.3 Å². The van der Waals surface area contributed by atoms with Crippen molar-refractivity contribution in [1.29, 1.82) is 0 Å². The number of carbonyl (C=O) groups excluding carboxylic acids is 1. The SMILES string of the molecule is Cc1cc2c(cc1C(=O)N1CCc3onc(-c4ccc(Cl)cc4)c3C1)[nH]c(=O)c1nnc(C3CCOC3)n12.Cl. The zero-order valence-electron chi connectivity index (χ0n) is 20.9. The van der Waals surface area contributed by atoms with Crippen LogP contribution in [0.2, 0.25) is 5.02 Å². The molecule has 10 nitrogen and oxygen atoms in total. The maximum Gasteiger partial charge on any atom is 0.294 e. The van der Waals surface area contributed by atoms with Crippen LogP contribution in [-0.2, 0) is 17.7 Å². The summed E-state index contributed by atoms with van der Waals surface area (Å²) in [4.78, 5) is 31.3. The number of aryl methyl sites for hydroxylation is 1. The first kappa shape index (κ1) is 25.5. The maximum absolute atomic E-state index is 13.8. The summed E-state index contributed by atoms with van der Waals surface area (Å²) in [6.07, 6.45) is 1.39. The van der Waals surface area contributed by atoms with Crippen LogP contribution in [0.4, 0.5) is 0 Å². The Labute approximate surface area is 233 Å². The zero-order chi connectivity index (χ0) is 26.0. The highest BCUT2D eigenvalue weighted by atomic mass is 35.5. The minimum atomic E-state index is -0.350. The van der Waals surface area contributed by atoms with Gasteiger partial charge in [0.15, 0.2) is 0 Å². The van der Waals surface area contributed by atoms with Crippen LogP contribution in [0.15, 0.2) is 45.7 Å². The monoisotopic (exact) mass is 566 g/mol. The van der Waals surface area contributed by atoms with Gasteiger partial charge in [-0.3, -0.25) is 14.0 Å². The molecule has 1 N–H and O–H groups in total. The molecule has 0 aliphatic carbocycles. The quantitative estimate of drug-likeness (QED) is 0.345. The second-order valence-electron chi connectivity index (χ2n) is 9.83. The molecule has 3 aromatic heterocycles. The molecule has 5 heterocycles. The lowest BCUT2D eigenvalue weighted by molar-refractivity contribution is 0.0728. The molecule has 1 saturated heterocycles. The number of hydrogen-bond acceptors (Lipinski definition) is 7. The largest absolute Gasteiger partial charge is 0.381 e. The molecule has 0 radical (unpaired) electrons. The number of ether oxygens (including phenoxy) is 1. The predicted octanol–water partition coefficient (Wildman–Crippen LogP) is 4.31. The van der Waals surface area contributed by atoms with Crippen molar-refractivity contribution in [2.24, 2.45) is 0 Å². The Hall–Kier alpha value is -3.73. The lowest BCUT2D eigenvalue weighted by Crippen LogP contribution is -2.36. The molecule has 0 bridgehead atoms. The van der Waals surface area contributed by atoms with Crippen molar-refractivity contribution >= 4 is 46.6 Å². The molecular weight excluding hydrogens is 543 g/mol. The number of amides is 1. The number of H-pyrrole nitrogens is 1. The van der Waals surface area contributed by atoms with Gasteiger partial charge >= 0.3 is 0 Å². The third kappa shape index (κ3) is 4.19. The van der Waals surface area contributed by atoms with Crippen molar-refractivity contribution in [2.45, 2.75) is 32.2 Å². The van der Waals surface area contributed by atoms with Gasteiger partial charge in [-0.15, -0.1) is 22.6 Å². The molecule has 5 aromatic rings. The molecule has 2 aliphatic heterocycles. The molecule has 0 spiro atoms. The number of aromatic amines is 1. The summed E-state index contributed by atoms with van der Waals surface area (Å²) in [5.41, 5.74) is 5.02. The first-order chi connectivity index (χ1) is 18.5. The highest BCUT2D eigenvalue weighted by Gasteiger charge is 2.30.